The zero-order valence-electron chi connectivity index (χ0n) is 21.8. The van der Waals surface area contributed by atoms with E-state index in [-0.39, 0.29) is 16.4 Å². The highest BCUT2D eigenvalue weighted by Gasteiger charge is 2.34. The molecular formula is C31H30N2O5S. The molecule has 0 spiro atoms. The molecule has 39 heavy (non-hydrogen) atoms. The predicted octanol–water partition coefficient (Wildman–Crippen LogP) is 6.53. The zero-order chi connectivity index (χ0) is 27.8. The van der Waals surface area contributed by atoms with Crippen molar-refractivity contribution in [2.24, 2.45) is 0 Å². The second kappa shape index (κ2) is 12.9. The Bertz CT molecular complexity index is 1410. The van der Waals surface area contributed by atoms with Crippen molar-refractivity contribution in [3.8, 4) is 23.0 Å². The molecule has 0 saturated carbocycles. The summed E-state index contributed by atoms with van der Waals surface area (Å²) in [5, 5.41) is 12.8. The maximum absolute atomic E-state index is 13.6. The second-order valence-corrected chi connectivity index (χ2v) is 9.36. The fourth-order valence-electron chi connectivity index (χ4n) is 4.14. The summed E-state index contributed by atoms with van der Waals surface area (Å²) in [5.41, 5.74) is 1.99. The summed E-state index contributed by atoms with van der Waals surface area (Å²) in [6.45, 7) is 2.11. The molecule has 4 rings (SSSR count). The number of amides is 2. The Kier molecular flexibility index (Phi) is 9.12. The number of allylic oxidation sites excluding steroid dienone is 2. The monoisotopic (exact) mass is 542 g/mol. The van der Waals surface area contributed by atoms with Crippen molar-refractivity contribution in [3.63, 3.8) is 0 Å². The molecule has 3 aromatic carbocycles. The van der Waals surface area contributed by atoms with Crippen LogP contribution in [0.4, 0.5) is 5.69 Å². The molecule has 1 aliphatic heterocycles. The van der Waals surface area contributed by atoms with Gasteiger partial charge in [0.15, 0.2) is 16.6 Å². The lowest BCUT2D eigenvalue weighted by Crippen LogP contribution is -2.54. The quantitative estimate of drug-likeness (QED) is 0.131. The Labute approximate surface area is 233 Å². The van der Waals surface area contributed by atoms with Crippen LogP contribution < -0.4 is 19.7 Å². The van der Waals surface area contributed by atoms with E-state index in [2.05, 4.69) is 12.2 Å². The fourth-order valence-corrected chi connectivity index (χ4v) is 4.42. The Balaban J connectivity index is 1.62. The third-order valence-electron chi connectivity index (χ3n) is 6.13. The highest BCUT2D eigenvalue weighted by atomic mass is 32.1. The van der Waals surface area contributed by atoms with Crippen molar-refractivity contribution in [1.82, 2.24) is 5.32 Å². The lowest BCUT2D eigenvalue weighted by Gasteiger charge is -2.29. The van der Waals surface area contributed by atoms with Crippen LogP contribution in [0.1, 0.15) is 38.2 Å². The van der Waals surface area contributed by atoms with Crippen LogP contribution in [0.25, 0.3) is 6.08 Å². The highest BCUT2D eigenvalue weighted by molar-refractivity contribution is 7.80. The number of anilines is 1. The number of carbonyl (C=O) groups excluding carboxylic acids is 2. The molecule has 2 N–H and O–H groups in total. The minimum atomic E-state index is -0.552. The number of ether oxygens (including phenoxy) is 2. The van der Waals surface area contributed by atoms with E-state index in [4.69, 9.17) is 21.7 Å². The third-order valence-corrected chi connectivity index (χ3v) is 6.41. The largest absolute Gasteiger partial charge is 0.504 e. The van der Waals surface area contributed by atoms with Gasteiger partial charge in [-0.25, -0.2) is 0 Å². The van der Waals surface area contributed by atoms with Gasteiger partial charge >= 0.3 is 0 Å². The first kappa shape index (κ1) is 27.6. The number of hydrogen-bond donors (Lipinski definition) is 2. The van der Waals surface area contributed by atoms with Gasteiger partial charge in [-0.15, -0.1) is 0 Å². The molecule has 1 saturated heterocycles. The Morgan fingerprint density at radius 3 is 2.38 bits per heavy atom. The van der Waals surface area contributed by atoms with Crippen molar-refractivity contribution in [1.29, 1.82) is 0 Å². The molecule has 0 unspecified atom stereocenters. The molecule has 1 fully saturated rings. The van der Waals surface area contributed by atoms with E-state index in [1.54, 1.807) is 48.5 Å². The van der Waals surface area contributed by atoms with Gasteiger partial charge in [-0.05, 0) is 90.8 Å². The van der Waals surface area contributed by atoms with E-state index in [0.717, 1.165) is 30.4 Å². The van der Waals surface area contributed by atoms with Crippen LogP contribution in [0, 0.1) is 0 Å². The average Bonchev–Trinajstić information content (AvgIpc) is 2.92. The van der Waals surface area contributed by atoms with Crippen molar-refractivity contribution in [2.45, 2.75) is 32.6 Å². The number of unbranched alkanes of at least 4 members (excludes halogenated alkanes) is 2. The minimum Gasteiger partial charge on any atom is -0.504 e. The van der Waals surface area contributed by atoms with E-state index in [9.17, 15) is 14.7 Å². The van der Waals surface area contributed by atoms with Crippen LogP contribution in [-0.4, -0.2) is 29.1 Å². The number of aromatic hydroxyl groups is 1. The lowest BCUT2D eigenvalue weighted by atomic mass is 10.00. The fraction of sp³-hybridized carbons (Fsp3) is 0.194. The van der Waals surface area contributed by atoms with Gasteiger partial charge in [0.25, 0.3) is 11.8 Å². The van der Waals surface area contributed by atoms with Gasteiger partial charge in [-0.2, -0.15) is 0 Å². The number of benzene rings is 3. The summed E-state index contributed by atoms with van der Waals surface area (Å²) in [7, 11) is 1.48. The molecule has 1 heterocycles. The molecule has 3 aromatic rings. The number of nitrogens with zero attached hydrogens (tertiary/aromatic N) is 1. The molecule has 8 heteroatoms. The molecule has 0 aromatic heterocycles. The number of thiocarbonyl (C=S) groups is 1. The van der Waals surface area contributed by atoms with Gasteiger partial charge in [0.2, 0.25) is 0 Å². The SMILES string of the molecule is CCCCCC(=Cc1ccc(OC)c(O)c1)C=C1C(=O)NC(=S)N(c2ccc(Oc3ccccc3)cc2)C1=O. The number of carbonyl (C=O) groups is 2. The summed E-state index contributed by atoms with van der Waals surface area (Å²) in [5.74, 6) is 0.603. The minimum absolute atomic E-state index is 0.00881. The van der Waals surface area contributed by atoms with Crippen molar-refractivity contribution >= 4 is 40.9 Å². The molecule has 0 aliphatic carbocycles. The summed E-state index contributed by atoms with van der Waals surface area (Å²) in [6.07, 6.45) is 7.03. The van der Waals surface area contributed by atoms with Gasteiger partial charge in [0, 0.05) is 0 Å². The van der Waals surface area contributed by atoms with Gasteiger partial charge < -0.3 is 14.6 Å². The normalized spacial score (nSPS) is 14.9. The number of para-hydroxylation sites is 1. The van der Waals surface area contributed by atoms with Crippen LogP contribution in [0.3, 0.4) is 0 Å². The Morgan fingerprint density at radius 2 is 1.72 bits per heavy atom. The smallest absolute Gasteiger partial charge is 0.270 e. The standard InChI is InChI=1S/C31H30N2O5S/c1-3-4-6-9-21(18-22-12-17-28(37-2)27(34)20-22)19-26-29(35)32-31(39)33(30(26)36)23-13-15-25(16-14-23)38-24-10-7-5-8-11-24/h5,7-8,10-20,34H,3-4,6,9H2,1-2H3,(H,32,35,39). The topological polar surface area (TPSA) is 88.1 Å². The van der Waals surface area contributed by atoms with E-state index in [1.165, 1.54) is 12.0 Å². The number of phenolic OH excluding ortho intramolecular Hbond substituents is 1. The molecule has 0 bridgehead atoms. The van der Waals surface area contributed by atoms with Crippen LogP contribution in [0.15, 0.2) is 90.0 Å². The molecule has 7 nitrogen and oxygen atoms in total. The van der Waals surface area contributed by atoms with Gasteiger partial charge in [-0.1, -0.05) is 50.1 Å². The summed E-state index contributed by atoms with van der Waals surface area (Å²) < 4.78 is 11.0. The maximum Gasteiger partial charge on any atom is 0.270 e. The Hall–Kier alpha value is -4.43. The first-order valence-electron chi connectivity index (χ1n) is 12.7. The van der Waals surface area contributed by atoms with Gasteiger partial charge in [-0.3, -0.25) is 19.8 Å². The van der Waals surface area contributed by atoms with E-state index < -0.39 is 11.8 Å². The number of phenols is 1. The van der Waals surface area contributed by atoms with Crippen molar-refractivity contribution in [3.05, 3.63) is 95.6 Å². The third kappa shape index (κ3) is 6.91. The van der Waals surface area contributed by atoms with Crippen molar-refractivity contribution < 1.29 is 24.2 Å². The molecule has 2 amide bonds. The van der Waals surface area contributed by atoms with E-state index in [1.807, 2.05) is 36.4 Å². The first-order chi connectivity index (χ1) is 18.9. The van der Waals surface area contributed by atoms with Crippen LogP contribution in [0.5, 0.6) is 23.0 Å². The van der Waals surface area contributed by atoms with E-state index in [0.29, 0.717) is 29.4 Å². The van der Waals surface area contributed by atoms with Gasteiger partial charge in [0.1, 0.15) is 17.1 Å². The van der Waals surface area contributed by atoms with Crippen LogP contribution in [0.2, 0.25) is 0 Å². The summed E-state index contributed by atoms with van der Waals surface area (Å²) >= 11 is 5.36. The molecular weight excluding hydrogens is 512 g/mol. The van der Waals surface area contributed by atoms with Crippen molar-refractivity contribution in [2.75, 3.05) is 12.0 Å². The van der Waals surface area contributed by atoms with Crippen LogP contribution in [-0.2, 0) is 9.59 Å². The number of hydrogen-bond acceptors (Lipinski definition) is 6. The number of nitrogens with one attached hydrogen (secondary N) is 1. The zero-order valence-corrected chi connectivity index (χ0v) is 22.7. The predicted molar refractivity (Wildman–Crippen MR) is 156 cm³/mol. The number of methoxy groups -OCH3 is 1. The lowest BCUT2D eigenvalue weighted by molar-refractivity contribution is -0.122. The molecule has 1 aliphatic rings. The second-order valence-electron chi connectivity index (χ2n) is 8.97. The maximum atomic E-state index is 13.6. The summed E-state index contributed by atoms with van der Waals surface area (Å²) in [4.78, 5) is 27.8. The molecule has 0 atom stereocenters. The highest BCUT2D eigenvalue weighted by Crippen LogP contribution is 2.30. The molecule has 200 valence electrons. The summed E-state index contributed by atoms with van der Waals surface area (Å²) in [6, 6.07) is 21.3. The molecule has 0 radical (unpaired) electrons. The van der Waals surface area contributed by atoms with E-state index >= 15 is 0 Å². The van der Waals surface area contributed by atoms with Crippen LogP contribution >= 0.6 is 12.2 Å². The first-order valence-corrected chi connectivity index (χ1v) is 13.1. The average molecular weight is 543 g/mol. The Morgan fingerprint density at radius 1 is 1.00 bits per heavy atom. The van der Waals surface area contributed by atoms with Gasteiger partial charge in [0.05, 0.1) is 12.8 Å². The number of rotatable bonds is 10.